The van der Waals surface area contributed by atoms with E-state index in [0.717, 1.165) is 5.82 Å². The highest BCUT2D eigenvalue weighted by Crippen LogP contribution is 1.95. The molecule has 0 bridgehead atoms. The Balaban J connectivity index is 0.00000256. The van der Waals surface area contributed by atoms with E-state index in [-0.39, 0.29) is 30.0 Å². The predicted octanol–water partition coefficient (Wildman–Crippen LogP) is 0.477. The molecule has 0 aliphatic heterocycles. The van der Waals surface area contributed by atoms with E-state index in [4.69, 9.17) is 10.5 Å². The number of ether oxygens (including phenoxy) is 1. The van der Waals surface area contributed by atoms with Gasteiger partial charge in [-0.3, -0.25) is 0 Å². The van der Waals surface area contributed by atoms with Crippen molar-refractivity contribution in [3.05, 3.63) is 18.2 Å². The van der Waals surface area contributed by atoms with Gasteiger partial charge in [-0.1, -0.05) is 0 Å². The van der Waals surface area contributed by atoms with Crippen LogP contribution in [0, 0.1) is 0 Å². The van der Waals surface area contributed by atoms with Gasteiger partial charge < -0.3 is 20.4 Å². The monoisotopic (exact) mass is 353 g/mol. The molecule has 0 saturated heterocycles. The van der Waals surface area contributed by atoms with Crippen LogP contribution in [0.25, 0.3) is 0 Å². The van der Waals surface area contributed by atoms with E-state index in [1.165, 1.54) is 0 Å². The third-order valence-corrected chi connectivity index (χ3v) is 2.12. The maximum Gasteiger partial charge on any atom is 0.189 e. The molecule has 0 aliphatic rings. The predicted molar refractivity (Wildman–Crippen MR) is 78.4 cm³/mol. The first-order chi connectivity index (χ1) is 7.63. The van der Waals surface area contributed by atoms with Gasteiger partial charge in [-0.15, -0.1) is 24.0 Å². The van der Waals surface area contributed by atoms with Crippen molar-refractivity contribution in [3.63, 3.8) is 0 Å². The molecule has 6 nitrogen and oxygen atoms in total. The van der Waals surface area contributed by atoms with Crippen LogP contribution in [0.3, 0.4) is 0 Å². The van der Waals surface area contributed by atoms with Crippen molar-refractivity contribution in [2.24, 2.45) is 17.8 Å². The van der Waals surface area contributed by atoms with Crippen LogP contribution < -0.4 is 11.1 Å². The Bertz CT molecular complexity index is 352. The van der Waals surface area contributed by atoms with Gasteiger partial charge in [0.2, 0.25) is 0 Å². The second-order valence-electron chi connectivity index (χ2n) is 3.66. The van der Waals surface area contributed by atoms with Gasteiger partial charge in [0.05, 0.1) is 6.61 Å². The SMILES string of the molecule is COCC(C)NC(N)=NCc1nccn1C.I. The van der Waals surface area contributed by atoms with Gasteiger partial charge in [0, 0.05) is 32.6 Å². The first kappa shape index (κ1) is 16.2. The molecule has 7 heteroatoms. The summed E-state index contributed by atoms with van der Waals surface area (Å²) in [4.78, 5) is 8.35. The fraction of sp³-hybridized carbons (Fsp3) is 0.600. The van der Waals surface area contributed by atoms with Crippen LogP contribution in [0.1, 0.15) is 12.7 Å². The summed E-state index contributed by atoms with van der Waals surface area (Å²) in [7, 11) is 3.58. The second kappa shape index (κ2) is 8.29. The molecule has 0 radical (unpaired) electrons. The molecule has 0 spiro atoms. The number of imidazole rings is 1. The summed E-state index contributed by atoms with van der Waals surface area (Å²) in [6, 6.07) is 0.148. The molecule has 0 aliphatic carbocycles. The molecule has 0 saturated carbocycles. The third-order valence-electron chi connectivity index (χ3n) is 2.12. The summed E-state index contributed by atoms with van der Waals surface area (Å²) in [6.07, 6.45) is 3.62. The lowest BCUT2D eigenvalue weighted by molar-refractivity contribution is 0.179. The van der Waals surface area contributed by atoms with Gasteiger partial charge in [-0.05, 0) is 6.92 Å². The minimum Gasteiger partial charge on any atom is -0.383 e. The van der Waals surface area contributed by atoms with Crippen LogP contribution in [0.4, 0.5) is 0 Å². The van der Waals surface area contributed by atoms with Crippen LogP contribution in [0.15, 0.2) is 17.4 Å². The van der Waals surface area contributed by atoms with Crippen molar-refractivity contribution in [2.45, 2.75) is 19.5 Å². The minimum atomic E-state index is 0. The number of nitrogens with two attached hydrogens (primary N) is 1. The summed E-state index contributed by atoms with van der Waals surface area (Å²) in [6.45, 7) is 3.05. The smallest absolute Gasteiger partial charge is 0.189 e. The van der Waals surface area contributed by atoms with E-state index in [0.29, 0.717) is 19.1 Å². The second-order valence-corrected chi connectivity index (χ2v) is 3.66. The molecule has 17 heavy (non-hydrogen) atoms. The number of nitrogens with zero attached hydrogens (tertiary/aromatic N) is 3. The van der Waals surface area contributed by atoms with Crippen molar-refractivity contribution in [1.29, 1.82) is 0 Å². The molecule has 1 rings (SSSR count). The molecule has 1 aromatic heterocycles. The molecule has 1 unspecified atom stereocenters. The highest BCUT2D eigenvalue weighted by Gasteiger charge is 2.02. The number of aromatic nitrogens is 2. The van der Waals surface area contributed by atoms with Gasteiger partial charge in [0.1, 0.15) is 12.4 Å². The maximum absolute atomic E-state index is 5.72. The zero-order valence-electron chi connectivity index (χ0n) is 10.4. The Morgan fingerprint density at radius 2 is 2.41 bits per heavy atom. The van der Waals surface area contributed by atoms with Gasteiger partial charge in [0.15, 0.2) is 5.96 Å². The Morgan fingerprint density at radius 1 is 1.71 bits per heavy atom. The summed E-state index contributed by atoms with van der Waals surface area (Å²) >= 11 is 0. The van der Waals surface area contributed by atoms with Crippen LogP contribution in [0.5, 0.6) is 0 Å². The maximum atomic E-state index is 5.72. The molecule has 0 fully saturated rings. The van der Waals surface area contributed by atoms with Gasteiger partial charge >= 0.3 is 0 Å². The fourth-order valence-electron chi connectivity index (χ4n) is 1.29. The van der Waals surface area contributed by atoms with Crippen LogP contribution in [0.2, 0.25) is 0 Å². The number of hydrogen-bond donors (Lipinski definition) is 2. The molecule has 3 N–H and O–H groups in total. The Morgan fingerprint density at radius 3 is 2.94 bits per heavy atom. The standard InChI is InChI=1S/C10H19N5O.HI/c1-8(7-16-3)14-10(11)13-6-9-12-4-5-15(9)2;/h4-5,8H,6-7H2,1-3H3,(H3,11,13,14);1H. The molecular formula is C10H20IN5O. The molecule has 1 heterocycles. The van der Waals surface area contributed by atoms with E-state index < -0.39 is 0 Å². The van der Waals surface area contributed by atoms with Crippen LogP contribution >= 0.6 is 24.0 Å². The Kier molecular flexibility index (Phi) is 7.88. The number of nitrogens with one attached hydrogen (secondary N) is 1. The fourth-order valence-corrected chi connectivity index (χ4v) is 1.29. The van der Waals surface area contributed by atoms with Crippen LogP contribution in [-0.4, -0.2) is 35.3 Å². The Hall–Kier alpha value is -0.830. The molecule has 1 aromatic rings. The van der Waals surface area contributed by atoms with Crippen molar-refractivity contribution in [3.8, 4) is 0 Å². The summed E-state index contributed by atoms with van der Waals surface area (Å²) < 4.78 is 6.90. The number of aliphatic imine (C=N–C) groups is 1. The highest BCUT2D eigenvalue weighted by molar-refractivity contribution is 14.0. The number of halogens is 1. The molecule has 1 atom stereocenters. The molecule has 0 aromatic carbocycles. The summed E-state index contributed by atoms with van der Waals surface area (Å²) in [5.41, 5.74) is 5.72. The van der Waals surface area contributed by atoms with E-state index in [1.807, 2.05) is 24.7 Å². The van der Waals surface area contributed by atoms with Gasteiger partial charge in [0.25, 0.3) is 0 Å². The summed E-state index contributed by atoms with van der Waals surface area (Å²) in [5, 5.41) is 3.03. The third kappa shape index (κ3) is 5.87. The number of aryl methyl sites for hydroxylation is 1. The van der Waals surface area contributed by atoms with Crippen molar-refractivity contribution < 1.29 is 4.74 Å². The van der Waals surface area contributed by atoms with Gasteiger partial charge in [-0.2, -0.15) is 0 Å². The van der Waals surface area contributed by atoms with E-state index >= 15 is 0 Å². The molecule has 0 amide bonds. The largest absolute Gasteiger partial charge is 0.383 e. The van der Waals surface area contributed by atoms with Crippen molar-refractivity contribution >= 4 is 29.9 Å². The van der Waals surface area contributed by atoms with E-state index in [1.54, 1.807) is 13.3 Å². The first-order valence-corrected chi connectivity index (χ1v) is 5.15. The van der Waals surface area contributed by atoms with E-state index in [9.17, 15) is 0 Å². The lowest BCUT2D eigenvalue weighted by atomic mass is 10.4. The zero-order valence-corrected chi connectivity index (χ0v) is 12.7. The first-order valence-electron chi connectivity index (χ1n) is 5.15. The lowest BCUT2D eigenvalue weighted by Gasteiger charge is -2.12. The zero-order chi connectivity index (χ0) is 12.0. The normalized spacial score (nSPS) is 13.0. The molecular weight excluding hydrogens is 333 g/mol. The number of rotatable bonds is 5. The number of guanidine groups is 1. The van der Waals surface area contributed by atoms with Gasteiger partial charge in [-0.25, -0.2) is 9.98 Å². The highest BCUT2D eigenvalue weighted by atomic mass is 127. The lowest BCUT2D eigenvalue weighted by Crippen LogP contribution is -2.40. The van der Waals surface area contributed by atoms with Crippen molar-refractivity contribution in [2.75, 3.05) is 13.7 Å². The topological polar surface area (TPSA) is 77.5 Å². The van der Waals surface area contributed by atoms with Crippen molar-refractivity contribution in [1.82, 2.24) is 14.9 Å². The average molecular weight is 353 g/mol. The quantitative estimate of drug-likeness (QED) is 0.459. The summed E-state index contributed by atoms with van der Waals surface area (Å²) in [5.74, 6) is 1.29. The number of hydrogen-bond acceptors (Lipinski definition) is 3. The average Bonchev–Trinajstić information content (AvgIpc) is 2.61. The number of methoxy groups -OCH3 is 1. The Labute approximate surface area is 119 Å². The minimum absolute atomic E-state index is 0. The van der Waals surface area contributed by atoms with E-state index in [2.05, 4.69) is 15.3 Å². The van der Waals surface area contributed by atoms with Crippen LogP contribution in [-0.2, 0) is 18.3 Å². The molecule has 98 valence electrons.